The summed E-state index contributed by atoms with van der Waals surface area (Å²) in [5.41, 5.74) is 2.32. The molecule has 0 radical (unpaired) electrons. The maximum Gasteiger partial charge on any atom is 0.127 e. The number of hydrogen-bond donors (Lipinski definition) is 0. The summed E-state index contributed by atoms with van der Waals surface area (Å²) >= 11 is 5.69. The Balaban J connectivity index is 3.12. The molecule has 1 unspecified atom stereocenters. The minimum absolute atomic E-state index is 0.00968. The van der Waals surface area contributed by atoms with Crippen LogP contribution in [0.3, 0.4) is 0 Å². The molecule has 0 spiro atoms. The third-order valence-corrected chi connectivity index (χ3v) is 3.22. The molecule has 0 aliphatic rings. The van der Waals surface area contributed by atoms with Gasteiger partial charge in [-0.3, -0.25) is 0 Å². The van der Waals surface area contributed by atoms with Crippen molar-refractivity contribution in [3.63, 3.8) is 0 Å². The lowest BCUT2D eigenvalue weighted by Crippen LogP contribution is -1.99. The lowest BCUT2D eigenvalue weighted by atomic mass is 9.98. The maximum absolute atomic E-state index is 10.6. The van der Waals surface area contributed by atoms with Crippen molar-refractivity contribution in [1.29, 1.82) is 0 Å². The van der Waals surface area contributed by atoms with Gasteiger partial charge in [-0.05, 0) is 45.9 Å². The van der Waals surface area contributed by atoms with Crippen LogP contribution in [0.25, 0.3) is 0 Å². The van der Waals surface area contributed by atoms with Crippen LogP contribution in [0.4, 0.5) is 0 Å². The van der Waals surface area contributed by atoms with E-state index in [1.54, 1.807) is 0 Å². The molecule has 0 heterocycles. The fraction of sp³-hybridized carbons (Fsp3) is 0.300. The van der Waals surface area contributed by atoms with Crippen LogP contribution in [0.15, 0.2) is 18.2 Å². The summed E-state index contributed by atoms with van der Waals surface area (Å²) in [5.74, 6) is -0.00968. The third-order valence-electron chi connectivity index (χ3n) is 1.94. The summed E-state index contributed by atoms with van der Waals surface area (Å²) in [4.78, 5) is 10.6. The highest BCUT2D eigenvalue weighted by atomic mass is 127. The first kappa shape index (κ1) is 11.2. The Kier molecular flexibility index (Phi) is 4.38. The zero-order valence-electron chi connectivity index (χ0n) is 7.26. The van der Waals surface area contributed by atoms with E-state index in [0.717, 1.165) is 17.2 Å². The third kappa shape index (κ3) is 2.77. The van der Waals surface area contributed by atoms with Crippen molar-refractivity contribution in [2.75, 3.05) is 0 Å². The van der Waals surface area contributed by atoms with Crippen LogP contribution in [0.1, 0.15) is 24.0 Å². The van der Waals surface area contributed by atoms with Gasteiger partial charge in [-0.1, -0.05) is 28.9 Å². The summed E-state index contributed by atoms with van der Waals surface area (Å²) in [6.45, 7) is 1.92. The number of hydrogen-bond acceptors (Lipinski definition) is 1. The number of carbonyl (C=O) groups excluding carboxylic acids is 1. The van der Waals surface area contributed by atoms with E-state index in [9.17, 15) is 4.79 Å². The second kappa shape index (κ2) is 5.10. The predicted molar refractivity (Wildman–Crippen MR) is 66.3 cm³/mol. The molecule has 0 saturated heterocycles. The molecule has 0 amide bonds. The zero-order valence-corrected chi connectivity index (χ0v) is 11.0. The van der Waals surface area contributed by atoms with Crippen molar-refractivity contribution in [2.45, 2.75) is 18.2 Å². The monoisotopic (exact) mass is 352 g/mol. The number of aldehydes is 1. The minimum Gasteiger partial charge on any atom is -0.303 e. The molecule has 0 aromatic heterocycles. The van der Waals surface area contributed by atoms with E-state index < -0.39 is 0 Å². The van der Waals surface area contributed by atoms with Crippen LogP contribution in [0.5, 0.6) is 0 Å². The Bertz CT molecular complexity index is 312. The highest BCUT2D eigenvalue weighted by Crippen LogP contribution is 2.22. The molecule has 1 aromatic carbocycles. The molecule has 0 aliphatic carbocycles. The van der Waals surface area contributed by atoms with Gasteiger partial charge in [-0.25, -0.2) is 0 Å². The topological polar surface area (TPSA) is 17.1 Å². The average molecular weight is 353 g/mol. The molecule has 13 heavy (non-hydrogen) atoms. The van der Waals surface area contributed by atoms with Crippen LogP contribution >= 0.6 is 38.5 Å². The second-order valence-electron chi connectivity index (χ2n) is 2.90. The number of carbonyl (C=O) groups is 1. The van der Waals surface area contributed by atoms with Gasteiger partial charge < -0.3 is 4.79 Å². The predicted octanol–water partition coefficient (Wildman–Crippen LogP) is 3.49. The Hall–Kier alpha value is 0.1000. The summed E-state index contributed by atoms with van der Waals surface area (Å²) in [7, 11) is 0. The number of halogens is 2. The molecule has 1 aromatic rings. The Morgan fingerprint density at radius 1 is 1.62 bits per heavy atom. The largest absolute Gasteiger partial charge is 0.303 e. The summed E-state index contributed by atoms with van der Waals surface area (Å²) in [6, 6.07) is 6.16. The number of rotatable bonds is 3. The smallest absolute Gasteiger partial charge is 0.127 e. The highest BCUT2D eigenvalue weighted by Gasteiger charge is 2.08. The minimum atomic E-state index is -0.00968. The Morgan fingerprint density at radius 2 is 2.31 bits per heavy atom. The van der Waals surface area contributed by atoms with E-state index in [4.69, 9.17) is 0 Å². The van der Waals surface area contributed by atoms with E-state index in [0.29, 0.717) is 0 Å². The normalized spacial score (nSPS) is 12.5. The van der Waals surface area contributed by atoms with Gasteiger partial charge in [0.15, 0.2) is 0 Å². The quantitative estimate of drug-likeness (QED) is 0.462. The van der Waals surface area contributed by atoms with Gasteiger partial charge >= 0.3 is 0 Å². The summed E-state index contributed by atoms with van der Waals surface area (Å²) in [5, 5.41) is 0.803. The average Bonchev–Trinajstić information content (AvgIpc) is 2.16. The van der Waals surface area contributed by atoms with Gasteiger partial charge in [0, 0.05) is 14.8 Å². The molecular weight excluding hydrogens is 343 g/mol. The van der Waals surface area contributed by atoms with Crippen molar-refractivity contribution in [3.8, 4) is 0 Å². The summed E-state index contributed by atoms with van der Waals surface area (Å²) in [6.07, 6.45) is 0.981. The first-order valence-corrected chi connectivity index (χ1v) is 6.18. The fourth-order valence-electron chi connectivity index (χ4n) is 1.21. The van der Waals surface area contributed by atoms with Crippen LogP contribution in [-0.4, -0.2) is 6.29 Å². The van der Waals surface area contributed by atoms with Gasteiger partial charge in [0.1, 0.15) is 6.29 Å². The van der Waals surface area contributed by atoms with Gasteiger partial charge in [0.25, 0.3) is 0 Å². The SMILES string of the molecule is CC(C=O)c1ccc(I)cc1CBr. The van der Waals surface area contributed by atoms with Crippen molar-refractivity contribution < 1.29 is 4.79 Å². The van der Waals surface area contributed by atoms with Gasteiger partial charge in [0.2, 0.25) is 0 Å². The Labute approximate surface area is 100 Å². The zero-order chi connectivity index (χ0) is 9.84. The van der Waals surface area contributed by atoms with Crippen LogP contribution in [-0.2, 0) is 10.1 Å². The van der Waals surface area contributed by atoms with E-state index in [2.05, 4.69) is 44.6 Å². The Morgan fingerprint density at radius 3 is 2.85 bits per heavy atom. The van der Waals surface area contributed by atoms with Crippen LogP contribution in [0.2, 0.25) is 0 Å². The number of benzene rings is 1. The molecule has 1 atom stereocenters. The van der Waals surface area contributed by atoms with E-state index in [1.807, 2.05) is 19.1 Å². The molecule has 0 N–H and O–H groups in total. The van der Waals surface area contributed by atoms with Gasteiger partial charge in [0.05, 0.1) is 0 Å². The molecule has 0 fully saturated rings. The first-order valence-electron chi connectivity index (χ1n) is 3.98. The van der Waals surface area contributed by atoms with Crippen LogP contribution < -0.4 is 0 Å². The fourth-order valence-corrected chi connectivity index (χ4v) is 2.25. The lowest BCUT2D eigenvalue weighted by Gasteiger charge is -2.09. The molecule has 3 heteroatoms. The van der Waals surface area contributed by atoms with Crippen molar-refractivity contribution in [1.82, 2.24) is 0 Å². The van der Waals surface area contributed by atoms with Gasteiger partial charge in [-0.2, -0.15) is 0 Å². The second-order valence-corrected chi connectivity index (χ2v) is 4.71. The van der Waals surface area contributed by atoms with E-state index >= 15 is 0 Å². The van der Waals surface area contributed by atoms with Crippen molar-refractivity contribution in [3.05, 3.63) is 32.9 Å². The summed E-state index contributed by atoms with van der Waals surface area (Å²) < 4.78 is 1.20. The lowest BCUT2D eigenvalue weighted by molar-refractivity contribution is -0.108. The van der Waals surface area contributed by atoms with E-state index in [-0.39, 0.29) is 5.92 Å². The van der Waals surface area contributed by atoms with Crippen molar-refractivity contribution in [2.24, 2.45) is 0 Å². The van der Waals surface area contributed by atoms with Crippen molar-refractivity contribution >= 4 is 44.8 Å². The molecule has 70 valence electrons. The molecule has 0 aliphatic heterocycles. The maximum atomic E-state index is 10.6. The molecular formula is C10H10BrIO. The van der Waals surface area contributed by atoms with E-state index in [1.165, 1.54) is 9.13 Å². The standard InChI is InChI=1S/C10H10BrIO/c1-7(6-13)10-3-2-9(12)4-8(10)5-11/h2-4,6-7H,5H2,1H3. The molecule has 0 saturated carbocycles. The molecule has 0 bridgehead atoms. The number of alkyl halides is 1. The highest BCUT2D eigenvalue weighted by molar-refractivity contribution is 14.1. The molecule has 1 rings (SSSR count). The van der Waals surface area contributed by atoms with Crippen LogP contribution in [0, 0.1) is 3.57 Å². The molecule has 1 nitrogen and oxygen atoms in total. The first-order chi connectivity index (χ1) is 6.19. The van der Waals surface area contributed by atoms with Gasteiger partial charge in [-0.15, -0.1) is 0 Å².